The summed E-state index contributed by atoms with van der Waals surface area (Å²) in [5.41, 5.74) is 1.14. The number of rotatable bonds is 4. The summed E-state index contributed by atoms with van der Waals surface area (Å²) in [6, 6.07) is 0.239. The van der Waals surface area contributed by atoms with E-state index in [0.29, 0.717) is 6.54 Å². The molecule has 0 aliphatic heterocycles. The fourth-order valence-electron chi connectivity index (χ4n) is 1.13. The summed E-state index contributed by atoms with van der Waals surface area (Å²) in [5.74, 6) is 0. The van der Waals surface area contributed by atoms with Crippen molar-refractivity contribution in [3.8, 4) is 0 Å². The summed E-state index contributed by atoms with van der Waals surface area (Å²) in [4.78, 5) is 0. The molecule has 2 N–H and O–H groups in total. The summed E-state index contributed by atoms with van der Waals surface area (Å²) in [7, 11) is 1.89. The van der Waals surface area contributed by atoms with E-state index in [-0.39, 0.29) is 12.1 Å². The summed E-state index contributed by atoms with van der Waals surface area (Å²) in [6.07, 6.45) is 3.50. The summed E-state index contributed by atoms with van der Waals surface area (Å²) < 4.78 is 1.77. The van der Waals surface area contributed by atoms with Gasteiger partial charge in [0.2, 0.25) is 0 Å². The van der Waals surface area contributed by atoms with Gasteiger partial charge in [0.05, 0.1) is 12.3 Å². The molecule has 0 aromatic carbocycles. The van der Waals surface area contributed by atoms with Crippen molar-refractivity contribution in [1.29, 1.82) is 0 Å². The highest BCUT2D eigenvalue weighted by atomic mass is 16.3. The first-order valence-electron chi connectivity index (χ1n) is 4.49. The molecule has 13 heavy (non-hydrogen) atoms. The van der Waals surface area contributed by atoms with Crippen molar-refractivity contribution in [2.24, 2.45) is 7.05 Å². The lowest BCUT2D eigenvalue weighted by molar-refractivity contribution is 0.187. The van der Waals surface area contributed by atoms with Crippen molar-refractivity contribution in [3.63, 3.8) is 0 Å². The Morgan fingerprint density at radius 1 is 1.62 bits per heavy atom. The van der Waals surface area contributed by atoms with Crippen molar-refractivity contribution in [2.75, 3.05) is 6.54 Å². The molecular weight excluding hydrogens is 166 g/mol. The molecule has 0 aliphatic carbocycles. The number of nitrogens with one attached hydrogen (secondary N) is 1. The average Bonchev–Trinajstić information content (AvgIpc) is 2.47. The van der Waals surface area contributed by atoms with Crippen LogP contribution in [-0.4, -0.2) is 27.5 Å². The second-order valence-electron chi connectivity index (χ2n) is 3.43. The molecule has 0 spiro atoms. The van der Waals surface area contributed by atoms with Crippen LogP contribution >= 0.6 is 0 Å². The predicted molar refractivity (Wildman–Crippen MR) is 51.3 cm³/mol. The number of aliphatic hydroxyl groups is 1. The maximum absolute atomic E-state index is 9.07. The van der Waals surface area contributed by atoms with Crippen LogP contribution in [0.1, 0.15) is 25.5 Å². The Balaban J connectivity index is 2.44. The molecule has 1 heterocycles. The Bertz CT molecular complexity index is 257. The molecule has 1 rings (SSSR count). The minimum absolute atomic E-state index is 0.239. The van der Waals surface area contributed by atoms with Gasteiger partial charge in [-0.25, -0.2) is 0 Å². The van der Waals surface area contributed by atoms with Crippen molar-refractivity contribution in [3.05, 3.63) is 18.0 Å². The molecule has 1 aromatic heterocycles. The maximum atomic E-state index is 9.07. The molecule has 1 aromatic rings. The molecule has 4 heteroatoms. The van der Waals surface area contributed by atoms with Gasteiger partial charge in [0, 0.05) is 31.4 Å². The van der Waals surface area contributed by atoms with Crippen LogP contribution in [0.4, 0.5) is 0 Å². The second-order valence-corrected chi connectivity index (χ2v) is 3.43. The molecule has 2 atom stereocenters. The lowest BCUT2D eigenvalue weighted by Crippen LogP contribution is -2.26. The van der Waals surface area contributed by atoms with Crippen molar-refractivity contribution in [2.45, 2.75) is 26.0 Å². The largest absolute Gasteiger partial charge is 0.392 e. The third-order valence-corrected chi connectivity index (χ3v) is 1.94. The second kappa shape index (κ2) is 4.39. The van der Waals surface area contributed by atoms with Gasteiger partial charge in [0.25, 0.3) is 0 Å². The molecule has 74 valence electrons. The van der Waals surface area contributed by atoms with E-state index in [0.717, 1.165) is 5.56 Å². The molecule has 0 bridgehead atoms. The van der Waals surface area contributed by atoms with Gasteiger partial charge in [-0.1, -0.05) is 0 Å². The van der Waals surface area contributed by atoms with Crippen LogP contribution in [0, 0.1) is 0 Å². The van der Waals surface area contributed by atoms with E-state index in [1.807, 2.05) is 19.4 Å². The van der Waals surface area contributed by atoms with Gasteiger partial charge < -0.3 is 10.4 Å². The van der Waals surface area contributed by atoms with Crippen LogP contribution < -0.4 is 5.32 Å². The Hall–Kier alpha value is -0.870. The van der Waals surface area contributed by atoms with Gasteiger partial charge in [-0.2, -0.15) is 5.10 Å². The summed E-state index contributed by atoms with van der Waals surface area (Å²) >= 11 is 0. The van der Waals surface area contributed by atoms with Gasteiger partial charge in [-0.15, -0.1) is 0 Å². The number of aryl methyl sites for hydroxylation is 1. The maximum Gasteiger partial charge on any atom is 0.0636 e. The first-order valence-corrected chi connectivity index (χ1v) is 4.49. The van der Waals surface area contributed by atoms with Crippen LogP contribution in [0.2, 0.25) is 0 Å². The fraction of sp³-hybridized carbons (Fsp3) is 0.667. The minimum Gasteiger partial charge on any atom is -0.392 e. The molecule has 0 saturated heterocycles. The summed E-state index contributed by atoms with van der Waals surface area (Å²) in [5, 5.41) is 16.4. The van der Waals surface area contributed by atoms with E-state index < -0.39 is 0 Å². The third-order valence-electron chi connectivity index (χ3n) is 1.94. The van der Waals surface area contributed by atoms with Gasteiger partial charge in [0.1, 0.15) is 0 Å². The molecule has 4 nitrogen and oxygen atoms in total. The molecule has 0 fully saturated rings. The lowest BCUT2D eigenvalue weighted by Gasteiger charge is -2.12. The normalized spacial score (nSPS) is 15.7. The first kappa shape index (κ1) is 10.2. The highest BCUT2D eigenvalue weighted by molar-refractivity contribution is 5.08. The molecule has 0 aliphatic rings. The zero-order valence-corrected chi connectivity index (χ0v) is 8.36. The standard InChI is InChI=1S/C9H17N3O/c1-7(13)4-10-8(2)9-5-11-12(3)6-9/h5-8,10,13H,4H2,1-3H3/t7-,8?/m0/s1. The van der Waals surface area contributed by atoms with Crippen molar-refractivity contribution < 1.29 is 5.11 Å². The van der Waals surface area contributed by atoms with E-state index in [4.69, 9.17) is 5.11 Å². The predicted octanol–water partition coefficient (Wildman–Crippen LogP) is 0.451. The van der Waals surface area contributed by atoms with Crippen molar-refractivity contribution in [1.82, 2.24) is 15.1 Å². The van der Waals surface area contributed by atoms with Gasteiger partial charge >= 0.3 is 0 Å². The fourth-order valence-corrected chi connectivity index (χ4v) is 1.13. The van der Waals surface area contributed by atoms with Crippen LogP contribution in [0.3, 0.4) is 0 Å². The lowest BCUT2D eigenvalue weighted by atomic mass is 10.2. The molecule has 0 saturated carbocycles. The van der Waals surface area contributed by atoms with Crippen molar-refractivity contribution >= 4 is 0 Å². The zero-order chi connectivity index (χ0) is 9.84. The highest BCUT2D eigenvalue weighted by Gasteiger charge is 2.07. The topological polar surface area (TPSA) is 50.1 Å². The minimum atomic E-state index is -0.306. The first-order chi connectivity index (χ1) is 6.09. The smallest absolute Gasteiger partial charge is 0.0636 e. The van der Waals surface area contributed by atoms with Crippen LogP contribution in [0.5, 0.6) is 0 Å². The molecule has 0 amide bonds. The van der Waals surface area contributed by atoms with E-state index >= 15 is 0 Å². The van der Waals surface area contributed by atoms with Crippen LogP contribution in [-0.2, 0) is 7.05 Å². The SMILES string of the molecule is CC(NC[C@H](C)O)c1cnn(C)c1. The zero-order valence-electron chi connectivity index (χ0n) is 8.36. The van der Waals surface area contributed by atoms with Gasteiger partial charge in [-0.05, 0) is 13.8 Å². The summed E-state index contributed by atoms with van der Waals surface area (Å²) in [6.45, 7) is 4.43. The van der Waals surface area contributed by atoms with E-state index in [9.17, 15) is 0 Å². The Kier molecular flexibility index (Phi) is 3.45. The van der Waals surface area contributed by atoms with E-state index in [1.165, 1.54) is 0 Å². The third kappa shape index (κ3) is 3.16. The van der Waals surface area contributed by atoms with Gasteiger partial charge in [-0.3, -0.25) is 4.68 Å². The molecule has 0 radical (unpaired) electrons. The van der Waals surface area contributed by atoms with Gasteiger partial charge in [0.15, 0.2) is 0 Å². The molecule has 1 unspecified atom stereocenters. The van der Waals surface area contributed by atoms with E-state index in [2.05, 4.69) is 17.3 Å². The number of hydrogen-bond donors (Lipinski definition) is 2. The van der Waals surface area contributed by atoms with Crippen LogP contribution in [0.15, 0.2) is 12.4 Å². The number of nitrogens with zero attached hydrogens (tertiary/aromatic N) is 2. The monoisotopic (exact) mass is 183 g/mol. The number of hydrogen-bond acceptors (Lipinski definition) is 3. The average molecular weight is 183 g/mol. The Labute approximate surface area is 78.6 Å². The number of aromatic nitrogens is 2. The Morgan fingerprint density at radius 2 is 2.31 bits per heavy atom. The molecular formula is C9H17N3O. The van der Waals surface area contributed by atoms with E-state index in [1.54, 1.807) is 11.6 Å². The Morgan fingerprint density at radius 3 is 2.77 bits per heavy atom. The van der Waals surface area contributed by atoms with Crippen LogP contribution in [0.25, 0.3) is 0 Å². The highest BCUT2D eigenvalue weighted by Crippen LogP contribution is 2.09. The quantitative estimate of drug-likeness (QED) is 0.712. The number of aliphatic hydroxyl groups excluding tert-OH is 1.